The number of ether oxygens (including phenoxy) is 1. The molecule has 0 saturated heterocycles. The van der Waals surface area contributed by atoms with Crippen LogP contribution in [-0.4, -0.2) is 30.9 Å². The quantitative estimate of drug-likeness (QED) is 0.454. The second kappa shape index (κ2) is 8.79. The molecule has 0 aromatic heterocycles. The van der Waals surface area contributed by atoms with Crippen molar-refractivity contribution in [2.75, 3.05) is 18.5 Å². The summed E-state index contributed by atoms with van der Waals surface area (Å²) >= 11 is 0. The highest BCUT2D eigenvalue weighted by Crippen LogP contribution is 2.19. The monoisotopic (exact) mass is 384 g/mol. The fraction of sp³-hybridized carbons (Fsp3) is 0.118. The largest absolute Gasteiger partial charge is 0.454 e. The molecule has 27 heavy (non-hydrogen) atoms. The van der Waals surface area contributed by atoms with Crippen LogP contribution in [0.4, 0.5) is 23.2 Å². The van der Waals surface area contributed by atoms with Crippen LogP contribution in [0.15, 0.2) is 36.4 Å². The van der Waals surface area contributed by atoms with Gasteiger partial charge < -0.3 is 15.4 Å². The molecule has 0 spiro atoms. The number of hydrogen-bond acceptors (Lipinski definition) is 4. The first-order valence-electron chi connectivity index (χ1n) is 7.40. The van der Waals surface area contributed by atoms with Gasteiger partial charge in [-0.1, -0.05) is 6.07 Å². The lowest BCUT2D eigenvalue weighted by atomic mass is 10.2. The molecule has 0 aliphatic heterocycles. The van der Waals surface area contributed by atoms with Crippen molar-refractivity contribution in [3.8, 4) is 0 Å². The Morgan fingerprint density at radius 1 is 0.963 bits per heavy atom. The zero-order valence-corrected chi connectivity index (χ0v) is 13.5. The van der Waals surface area contributed by atoms with Gasteiger partial charge in [0, 0.05) is 5.56 Å². The van der Waals surface area contributed by atoms with Crippen LogP contribution >= 0.6 is 0 Å². The molecule has 0 atom stereocenters. The lowest BCUT2D eigenvalue weighted by molar-refractivity contribution is -0.146. The molecule has 142 valence electrons. The third-order valence-corrected chi connectivity index (χ3v) is 3.15. The van der Waals surface area contributed by atoms with Crippen molar-refractivity contribution in [2.45, 2.75) is 0 Å². The van der Waals surface area contributed by atoms with Gasteiger partial charge in [-0.05, 0) is 30.3 Å². The molecule has 0 saturated carbocycles. The van der Waals surface area contributed by atoms with E-state index < -0.39 is 59.9 Å². The summed E-state index contributed by atoms with van der Waals surface area (Å²) in [6.07, 6.45) is 0. The van der Waals surface area contributed by atoms with Crippen molar-refractivity contribution in [1.29, 1.82) is 0 Å². The number of carbonyl (C=O) groups is 3. The number of esters is 1. The number of amides is 2. The molecule has 10 heteroatoms. The van der Waals surface area contributed by atoms with E-state index in [1.54, 1.807) is 0 Å². The molecule has 0 unspecified atom stereocenters. The summed E-state index contributed by atoms with van der Waals surface area (Å²) in [5.41, 5.74) is -0.649. The Morgan fingerprint density at radius 3 is 2.41 bits per heavy atom. The molecule has 0 bridgehead atoms. The number of nitrogens with one attached hydrogen (secondary N) is 2. The third-order valence-electron chi connectivity index (χ3n) is 3.15. The average Bonchev–Trinajstić information content (AvgIpc) is 2.65. The van der Waals surface area contributed by atoms with Gasteiger partial charge in [0.1, 0.15) is 12.4 Å². The molecular weight excluding hydrogens is 372 g/mol. The van der Waals surface area contributed by atoms with E-state index in [9.17, 15) is 31.9 Å². The first kappa shape index (κ1) is 19.9. The SMILES string of the molecule is O=C(COC(=O)CNC(=O)c1cccc(F)c1)Nc1ccc(F)c(F)c1F. The minimum absolute atomic E-state index is 0.0191. The normalized spacial score (nSPS) is 10.2. The van der Waals surface area contributed by atoms with Gasteiger partial charge in [0.15, 0.2) is 24.1 Å². The van der Waals surface area contributed by atoms with Crippen molar-refractivity contribution < 1.29 is 36.7 Å². The molecule has 2 aromatic carbocycles. The minimum atomic E-state index is -1.76. The van der Waals surface area contributed by atoms with Crippen LogP contribution in [0.5, 0.6) is 0 Å². The summed E-state index contributed by atoms with van der Waals surface area (Å²) in [5, 5.41) is 4.06. The number of halogens is 4. The van der Waals surface area contributed by atoms with E-state index in [1.807, 2.05) is 5.32 Å². The molecule has 0 aliphatic rings. The Balaban J connectivity index is 1.79. The molecule has 2 N–H and O–H groups in total. The number of carbonyl (C=O) groups excluding carboxylic acids is 3. The Bertz CT molecular complexity index is 889. The summed E-state index contributed by atoms with van der Waals surface area (Å²) in [7, 11) is 0. The van der Waals surface area contributed by atoms with E-state index in [-0.39, 0.29) is 5.56 Å². The summed E-state index contributed by atoms with van der Waals surface area (Å²) in [4.78, 5) is 34.8. The summed E-state index contributed by atoms with van der Waals surface area (Å²) < 4.78 is 56.8. The Hall–Kier alpha value is -3.43. The van der Waals surface area contributed by atoms with Crippen molar-refractivity contribution in [1.82, 2.24) is 5.32 Å². The van der Waals surface area contributed by atoms with Crippen molar-refractivity contribution in [3.63, 3.8) is 0 Å². The van der Waals surface area contributed by atoms with Gasteiger partial charge in [-0.2, -0.15) is 0 Å². The summed E-state index contributed by atoms with van der Waals surface area (Å²) in [6.45, 7) is -1.46. The highest BCUT2D eigenvalue weighted by atomic mass is 19.2. The Labute approximate surface area is 150 Å². The Kier molecular flexibility index (Phi) is 6.47. The zero-order chi connectivity index (χ0) is 20.0. The maximum absolute atomic E-state index is 13.4. The average molecular weight is 384 g/mol. The number of hydrogen-bond donors (Lipinski definition) is 2. The molecule has 2 amide bonds. The number of benzene rings is 2. The fourth-order valence-electron chi connectivity index (χ4n) is 1.89. The van der Waals surface area contributed by atoms with Gasteiger partial charge in [-0.25, -0.2) is 17.6 Å². The van der Waals surface area contributed by atoms with Gasteiger partial charge in [-0.15, -0.1) is 0 Å². The lowest BCUT2D eigenvalue weighted by Gasteiger charge is -2.09. The van der Waals surface area contributed by atoms with Gasteiger partial charge in [0.25, 0.3) is 11.8 Å². The van der Waals surface area contributed by atoms with Crippen LogP contribution in [-0.2, 0) is 14.3 Å². The van der Waals surface area contributed by atoms with Crippen LogP contribution in [0.3, 0.4) is 0 Å². The van der Waals surface area contributed by atoms with E-state index in [1.165, 1.54) is 12.1 Å². The highest BCUT2D eigenvalue weighted by Gasteiger charge is 2.16. The van der Waals surface area contributed by atoms with E-state index in [0.29, 0.717) is 6.07 Å². The highest BCUT2D eigenvalue weighted by molar-refractivity contribution is 5.96. The Morgan fingerprint density at radius 2 is 1.70 bits per heavy atom. The fourth-order valence-corrected chi connectivity index (χ4v) is 1.89. The van der Waals surface area contributed by atoms with Crippen molar-refractivity contribution in [3.05, 3.63) is 65.2 Å². The van der Waals surface area contributed by atoms with Crippen molar-refractivity contribution in [2.24, 2.45) is 0 Å². The second-order valence-electron chi connectivity index (χ2n) is 5.12. The molecule has 2 rings (SSSR count). The molecular formula is C17H12F4N2O4. The maximum Gasteiger partial charge on any atom is 0.325 e. The smallest absolute Gasteiger partial charge is 0.325 e. The lowest BCUT2D eigenvalue weighted by Crippen LogP contribution is -2.32. The van der Waals surface area contributed by atoms with Crippen LogP contribution < -0.4 is 10.6 Å². The standard InChI is InChI=1S/C17H12F4N2O4/c18-10-3-1-2-9(6-10)17(26)22-7-14(25)27-8-13(24)23-12-5-4-11(19)15(20)16(12)21/h1-6H,7-8H2,(H,22,26)(H,23,24). The van der Waals surface area contributed by atoms with E-state index in [4.69, 9.17) is 0 Å². The molecule has 0 fully saturated rings. The molecule has 2 aromatic rings. The topological polar surface area (TPSA) is 84.5 Å². The number of rotatable bonds is 6. The predicted octanol–water partition coefficient (Wildman–Crippen LogP) is 2.15. The van der Waals surface area contributed by atoms with Crippen molar-refractivity contribution >= 4 is 23.5 Å². The van der Waals surface area contributed by atoms with Crippen LogP contribution in [0.25, 0.3) is 0 Å². The van der Waals surface area contributed by atoms with E-state index in [2.05, 4.69) is 10.1 Å². The first-order chi connectivity index (χ1) is 12.8. The van der Waals surface area contributed by atoms with Gasteiger partial charge in [0.2, 0.25) is 0 Å². The van der Waals surface area contributed by atoms with Crippen LogP contribution in [0, 0.1) is 23.3 Å². The van der Waals surface area contributed by atoms with Gasteiger partial charge in [0.05, 0.1) is 5.69 Å². The van der Waals surface area contributed by atoms with Gasteiger partial charge >= 0.3 is 5.97 Å². The molecule has 0 heterocycles. The van der Waals surface area contributed by atoms with Crippen LogP contribution in [0.1, 0.15) is 10.4 Å². The van der Waals surface area contributed by atoms with Crippen LogP contribution in [0.2, 0.25) is 0 Å². The molecule has 0 radical (unpaired) electrons. The minimum Gasteiger partial charge on any atom is -0.454 e. The third kappa shape index (κ3) is 5.53. The number of anilines is 1. The summed E-state index contributed by atoms with van der Waals surface area (Å²) in [5.74, 6) is -8.16. The van der Waals surface area contributed by atoms with E-state index in [0.717, 1.165) is 18.2 Å². The predicted molar refractivity (Wildman–Crippen MR) is 84.6 cm³/mol. The summed E-state index contributed by atoms with van der Waals surface area (Å²) in [6, 6.07) is 6.15. The first-order valence-corrected chi connectivity index (χ1v) is 7.40. The zero-order valence-electron chi connectivity index (χ0n) is 13.5. The maximum atomic E-state index is 13.4. The van der Waals surface area contributed by atoms with E-state index >= 15 is 0 Å². The van der Waals surface area contributed by atoms with Gasteiger partial charge in [-0.3, -0.25) is 14.4 Å². The second-order valence-corrected chi connectivity index (χ2v) is 5.12. The molecule has 0 aliphatic carbocycles. The molecule has 6 nitrogen and oxygen atoms in total.